The summed E-state index contributed by atoms with van der Waals surface area (Å²) in [4.78, 5) is 11.6. The van der Waals surface area contributed by atoms with E-state index in [-0.39, 0.29) is 5.88 Å². The van der Waals surface area contributed by atoms with Crippen molar-refractivity contribution >= 4 is 39.2 Å². The molecule has 1 unspecified atom stereocenters. The van der Waals surface area contributed by atoms with Crippen LogP contribution in [0.5, 0.6) is 5.75 Å². The van der Waals surface area contributed by atoms with Crippen LogP contribution in [0.2, 0.25) is 0 Å². The summed E-state index contributed by atoms with van der Waals surface area (Å²) in [5.74, 6) is 0.0462. The molecule has 0 aliphatic carbocycles. The lowest BCUT2D eigenvalue weighted by molar-refractivity contribution is 0.0597. The van der Waals surface area contributed by atoms with Crippen LogP contribution in [-0.2, 0) is 4.74 Å². The number of hydrogen-bond acceptors (Lipinski definition) is 5. The van der Waals surface area contributed by atoms with Crippen molar-refractivity contribution in [2.75, 3.05) is 32.0 Å². The number of aliphatic hydroxyl groups excluding tert-OH is 1. The maximum atomic E-state index is 11.6. The van der Waals surface area contributed by atoms with Crippen molar-refractivity contribution in [1.82, 2.24) is 0 Å². The van der Waals surface area contributed by atoms with Crippen LogP contribution in [-0.4, -0.2) is 43.8 Å². The molecule has 0 aliphatic rings. The lowest BCUT2D eigenvalue weighted by atomic mass is 10.1. The molecule has 2 N–H and O–H groups in total. The SMILES string of the molecule is COC(=O)c1cc(Br)c(NCC(O)CCl)cc1OC. The first kappa shape index (κ1) is 16.1. The maximum Gasteiger partial charge on any atom is 0.341 e. The summed E-state index contributed by atoms with van der Waals surface area (Å²) in [7, 11) is 2.77. The highest BCUT2D eigenvalue weighted by molar-refractivity contribution is 9.10. The fraction of sp³-hybridized carbons (Fsp3) is 0.417. The third-order valence-electron chi connectivity index (χ3n) is 2.40. The van der Waals surface area contributed by atoms with Gasteiger partial charge in [-0.15, -0.1) is 11.6 Å². The second-order valence-electron chi connectivity index (χ2n) is 3.71. The van der Waals surface area contributed by atoms with Crippen LogP contribution in [0.1, 0.15) is 10.4 Å². The van der Waals surface area contributed by atoms with Gasteiger partial charge in [-0.1, -0.05) is 0 Å². The van der Waals surface area contributed by atoms with Crippen LogP contribution in [0, 0.1) is 0 Å². The Labute approximate surface area is 125 Å². The van der Waals surface area contributed by atoms with Crippen molar-refractivity contribution in [3.8, 4) is 5.75 Å². The number of alkyl halides is 1. The Hall–Kier alpha value is -0.980. The molecule has 0 radical (unpaired) electrons. The van der Waals surface area contributed by atoms with Crippen LogP contribution in [0.3, 0.4) is 0 Å². The Bertz CT molecular complexity index is 456. The smallest absolute Gasteiger partial charge is 0.341 e. The summed E-state index contributed by atoms with van der Waals surface area (Å²) in [6, 6.07) is 3.25. The largest absolute Gasteiger partial charge is 0.496 e. The number of ether oxygens (including phenoxy) is 2. The van der Waals surface area contributed by atoms with Crippen molar-refractivity contribution < 1.29 is 19.4 Å². The van der Waals surface area contributed by atoms with E-state index in [0.29, 0.717) is 28.0 Å². The van der Waals surface area contributed by atoms with Gasteiger partial charge in [-0.3, -0.25) is 0 Å². The van der Waals surface area contributed by atoms with Gasteiger partial charge in [0.15, 0.2) is 0 Å². The number of aliphatic hydroxyl groups is 1. The van der Waals surface area contributed by atoms with Crippen LogP contribution < -0.4 is 10.1 Å². The predicted octanol–water partition coefficient (Wildman–Crippen LogP) is 2.26. The van der Waals surface area contributed by atoms with Gasteiger partial charge >= 0.3 is 5.97 Å². The van der Waals surface area contributed by atoms with E-state index in [0.717, 1.165) is 0 Å². The van der Waals surface area contributed by atoms with E-state index in [1.165, 1.54) is 14.2 Å². The minimum Gasteiger partial charge on any atom is -0.496 e. The lowest BCUT2D eigenvalue weighted by Crippen LogP contribution is -2.21. The topological polar surface area (TPSA) is 67.8 Å². The number of methoxy groups -OCH3 is 2. The molecule has 1 rings (SSSR count). The molecule has 0 saturated heterocycles. The Kier molecular flexibility index (Phi) is 6.41. The minimum atomic E-state index is -0.653. The van der Waals surface area contributed by atoms with Gasteiger partial charge < -0.3 is 19.9 Å². The number of halogens is 2. The molecule has 0 saturated carbocycles. The molecule has 1 aromatic carbocycles. The first-order valence-corrected chi connectivity index (χ1v) is 6.80. The average molecular weight is 353 g/mol. The van der Waals surface area contributed by atoms with Crippen LogP contribution in [0.15, 0.2) is 16.6 Å². The van der Waals surface area contributed by atoms with Crippen LogP contribution >= 0.6 is 27.5 Å². The van der Waals surface area contributed by atoms with Crippen LogP contribution in [0.4, 0.5) is 5.69 Å². The number of rotatable bonds is 6. The lowest BCUT2D eigenvalue weighted by Gasteiger charge is -2.14. The van der Waals surface area contributed by atoms with Gasteiger partial charge in [-0.25, -0.2) is 4.79 Å². The molecule has 7 heteroatoms. The monoisotopic (exact) mass is 351 g/mol. The van der Waals surface area contributed by atoms with E-state index < -0.39 is 12.1 Å². The Morgan fingerprint density at radius 1 is 1.53 bits per heavy atom. The molecule has 1 aromatic rings. The van der Waals surface area contributed by atoms with Gasteiger partial charge in [0.2, 0.25) is 0 Å². The summed E-state index contributed by atoms with van der Waals surface area (Å²) in [6.07, 6.45) is -0.653. The number of benzene rings is 1. The molecule has 106 valence electrons. The van der Waals surface area contributed by atoms with E-state index in [4.69, 9.17) is 16.3 Å². The Balaban J connectivity index is 2.99. The van der Waals surface area contributed by atoms with Gasteiger partial charge in [0.25, 0.3) is 0 Å². The van der Waals surface area contributed by atoms with Crippen molar-refractivity contribution in [1.29, 1.82) is 0 Å². The number of carbonyl (C=O) groups excluding carboxylic acids is 1. The molecule has 5 nitrogen and oxygen atoms in total. The van der Waals surface area contributed by atoms with E-state index in [9.17, 15) is 9.90 Å². The van der Waals surface area contributed by atoms with Crippen molar-refractivity contribution in [3.05, 3.63) is 22.2 Å². The predicted molar refractivity (Wildman–Crippen MR) is 77.3 cm³/mol. The molecular weight excluding hydrogens is 337 g/mol. The molecule has 0 fully saturated rings. The van der Waals surface area contributed by atoms with E-state index in [2.05, 4.69) is 26.0 Å². The standard InChI is InChI=1S/C12H15BrClNO4/c1-18-11-4-10(15-6-7(16)5-14)9(13)3-8(11)12(17)19-2/h3-4,7,15-16H,5-6H2,1-2H3. The first-order valence-electron chi connectivity index (χ1n) is 5.47. The first-order chi connectivity index (χ1) is 9.03. The maximum absolute atomic E-state index is 11.6. The van der Waals surface area contributed by atoms with Gasteiger partial charge in [0.05, 0.1) is 31.9 Å². The van der Waals surface area contributed by atoms with Crippen molar-refractivity contribution in [2.45, 2.75) is 6.10 Å². The van der Waals surface area contributed by atoms with E-state index >= 15 is 0 Å². The number of anilines is 1. The summed E-state index contributed by atoms with van der Waals surface area (Å²) < 4.78 is 10.5. The molecular formula is C12H15BrClNO4. The molecule has 19 heavy (non-hydrogen) atoms. The highest BCUT2D eigenvalue weighted by atomic mass is 79.9. The molecule has 0 heterocycles. The Morgan fingerprint density at radius 3 is 2.74 bits per heavy atom. The third-order valence-corrected chi connectivity index (χ3v) is 3.41. The highest BCUT2D eigenvalue weighted by Gasteiger charge is 2.16. The molecule has 0 spiro atoms. The average Bonchev–Trinajstić information content (AvgIpc) is 2.44. The summed E-state index contributed by atoms with van der Waals surface area (Å²) in [5.41, 5.74) is 1.01. The summed E-state index contributed by atoms with van der Waals surface area (Å²) >= 11 is 8.85. The van der Waals surface area contributed by atoms with Crippen LogP contribution in [0.25, 0.3) is 0 Å². The van der Waals surface area contributed by atoms with E-state index in [1.807, 2.05) is 0 Å². The van der Waals surface area contributed by atoms with Gasteiger partial charge in [-0.2, -0.15) is 0 Å². The van der Waals surface area contributed by atoms with Gasteiger partial charge in [-0.05, 0) is 22.0 Å². The number of carbonyl (C=O) groups is 1. The summed E-state index contributed by atoms with van der Waals surface area (Å²) in [6.45, 7) is 0.294. The second-order valence-corrected chi connectivity index (χ2v) is 4.88. The fourth-order valence-electron chi connectivity index (χ4n) is 1.41. The number of hydrogen-bond donors (Lipinski definition) is 2. The molecule has 0 aliphatic heterocycles. The third kappa shape index (κ3) is 4.26. The molecule has 1 atom stereocenters. The zero-order chi connectivity index (χ0) is 14.4. The van der Waals surface area contributed by atoms with Crippen molar-refractivity contribution in [2.24, 2.45) is 0 Å². The zero-order valence-corrected chi connectivity index (χ0v) is 12.9. The molecule has 0 amide bonds. The number of nitrogens with one attached hydrogen (secondary N) is 1. The highest BCUT2D eigenvalue weighted by Crippen LogP contribution is 2.31. The van der Waals surface area contributed by atoms with Gasteiger partial charge in [0, 0.05) is 17.1 Å². The normalized spacial score (nSPS) is 11.8. The number of esters is 1. The fourth-order valence-corrected chi connectivity index (χ4v) is 2.00. The molecule has 0 bridgehead atoms. The molecule has 0 aromatic heterocycles. The minimum absolute atomic E-state index is 0.141. The summed E-state index contributed by atoms with van der Waals surface area (Å²) in [5, 5.41) is 12.4. The van der Waals surface area contributed by atoms with E-state index in [1.54, 1.807) is 12.1 Å². The Morgan fingerprint density at radius 2 is 2.21 bits per heavy atom. The quantitative estimate of drug-likeness (QED) is 0.607. The van der Waals surface area contributed by atoms with Crippen molar-refractivity contribution in [3.63, 3.8) is 0 Å². The van der Waals surface area contributed by atoms with Gasteiger partial charge in [0.1, 0.15) is 11.3 Å². The zero-order valence-electron chi connectivity index (χ0n) is 10.6. The second kappa shape index (κ2) is 7.57.